The molecule has 104 valence electrons. The number of carbonyl (C=O) groups excluding carboxylic acids is 2. The molecule has 2 atom stereocenters. The molecule has 1 heterocycles. The van der Waals surface area contributed by atoms with Gasteiger partial charge in [0.15, 0.2) is 0 Å². The molecular weight excluding hydrogens is 251 g/mol. The maximum absolute atomic E-state index is 11.9. The van der Waals surface area contributed by atoms with Crippen LogP contribution in [-0.4, -0.2) is 55.1 Å². The van der Waals surface area contributed by atoms with Gasteiger partial charge in [-0.1, -0.05) is 0 Å². The van der Waals surface area contributed by atoms with Crippen LogP contribution in [0.25, 0.3) is 0 Å². The Bertz CT molecular complexity index is 333. The Labute approximate surface area is 103 Å². The summed E-state index contributed by atoms with van der Waals surface area (Å²) in [6.07, 6.45) is -3.88. The Balaban J connectivity index is 2.38. The van der Waals surface area contributed by atoms with Gasteiger partial charge in [-0.05, 0) is 13.3 Å². The highest BCUT2D eigenvalue weighted by Crippen LogP contribution is 2.12. The molecule has 18 heavy (non-hydrogen) atoms. The van der Waals surface area contributed by atoms with Gasteiger partial charge in [0.05, 0.1) is 12.1 Å². The third-order valence-corrected chi connectivity index (χ3v) is 2.74. The fourth-order valence-corrected chi connectivity index (χ4v) is 1.69. The lowest BCUT2D eigenvalue weighted by molar-refractivity contribution is -0.139. The van der Waals surface area contributed by atoms with E-state index in [1.165, 1.54) is 11.8 Å². The van der Waals surface area contributed by atoms with Crippen LogP contribution < -0.4 is 10.6 Å². The summed E-state index contributed by atoms with van der Waals surface area (Å²) < 4.78 is 35.7. The highest BCUT2D eigenvalue weighted by atomic mass is 19.4. The van der Waals surface area contributed by atoms with Gasteiger partial charge in [-0.15, -0.1) is 0 Å². The molecule has 0 aromatic carbocycles. The number of halogens is 3. The molecule has 0 bridgehead atoms. The maximum atomic E-state index is 11.9. The maximum Gasteiger partial charge on any atom is 0.405 e. The van der Waals surface area contributed by atoms with Crippen LogP contribution in [0.4, 0.5) is 13.2 Å². The number of likely N-dealkylation sites (tertiary alicyclic amines) is 1. The summed E-state index contributed by atoms with van der Waals surface area (Å²) in [7, 11) is 1.64. The van der Waals surface area contributed by atoms with Gasteiger partial charge in [0.25, 0.3) is 0 Å². The molecule has 1 saturated heterocycles. The number of rotatable bonds is 4. The molecule has 0 aromatic rings. The van der Waals surface area contributed by atoms with Gasteiger partial charge in [-0.25, -0.2) is 0 Å². The first-order valence-corrected chi connectivity index (χ1v) is 5.56. The molecule has 0 saturated carbocycles. The highest BCUT2D eigenvalue weighted by Gasteiger charge is 2.32. The van der Waals surface area contributed by atoms with Gasteiger partial charge in [-0.3, -0.25) is 14.9 Å². The Morgan fingerprint density at radius 1 is 1.56 bits per heavy atom. The summed E-state index contributed by atoms with van der Waals surface area (Å²) in [6, 6.07) is -1.34. The van der Waals surface area contributed by atoms with E-state index in [-0.39, 0.29) is 5.91 Å². The number of nitrogens with one attached hydrogen (secondary N) is 2. The summed E-state index contributed by atoms with van der Waals surface area (Å²) in [5.41, 5.74) is 0. The Kier molecular flexibility index (Phi) is 4.55. The average molecular weight is 267 g/mol. The number of nitrogens with zero attached hydrogens (tertiary/aromatic N) is 1. The molecule has 1 aliphatic heterocycles. The quantitative estimate of drug-likeness (QED) is 0.746. The van der Waals surface area contributed by atoms with Crippen LogP contribution in [-0.2, 0) is 9.59 Å². The fraction of sp³-hybridized carbons (Fsp3) is 0.800. The second-order valence-corrected chi connectivity index (χ2v) is 4.32. The largest absolute Gasteiger partial charge is 0.405 e. The molecule has 1 aliphatic rings. The van der Waals surface area contributed by atoms with E-state index in [9.17, 15) is 22.8 Å². The van der Waals surface area contributed by atoms with Crippen molar-refractivity contribution in [3.05, 3.63) is 0 Å². The molecule has 0 radical (unpaired) electrons. The van der Waals surface area contributed by atoms with Crippen molar-refractivity contribution in [2.75, 3.05) is 20.1 Å². The molecule has 2 amide bonds. The van der Waals surface area contributed by atoms with E-state index >= 15 is 0 Å². The zero-order valence-corrected chi connectivity index (χ0v) is 10.2. The molecular formula is C10H16F3N3O2. The molecule has 1 fully saturated rings. The summed E-state index contributed by atoms with van der Waals surface area (Å²) in [6.45, 7) is 0.640. The van der Waals surface area contributed by atoms with Gasteiger partial charge in [0, 0.05) is 13.6 Å². The summed E-state index contributed by atoms with van der Waals surface area (Å²) in [4.78, 5) is 24.4. The normalized spacial score (nSPS) is 22.2. The SMILES string of the molecule is CC(NC1CCN(C)C1=O)C(=O)NCC(F)(F)F. The lowest BCUT2D eigenvalue weighted by Crippen LogP contribution is -2.50. The third-order valence-electron chi connectivity index (χ3n) is 2.74. The number of hydrogen-bond acceptors (Lipinski definition) is 3. The van der Waals surface area contributed by atoms with Crippen LogP contribution in [0.15, 0.2) is 0 Å². The van der Waals surface area contributed by atoms with E-state index < -0.39 is 30.7 Å². The molecule has 5 nitrogen and oxygen atoms in total. The fourth-order valence-electron chi connectivity index (χ4n) is 1.69. The van der Waals surface area contributed by atoms with Gasteiger partial charge in [-0.2, -0.15) is 13.2 Å². The highest BCUT2D eigenvalue weighted by molar-refractivity contribution is 5.86. The minimum Gasteiger partial charge on any atom is -0.346 e. The van der Waals surface area contributed by atoms with Crippen LogP contribution in [0.3, 0.4) is 0 Å². The standard InChI is InChI=1S/C10H16F3N3O2/c1-6(8(17)14-5-10(11,12)13)15-7-3-4-16(2)9(7)18/h6-7,15H,3-5H2,1-2H3,(H,14,17). The number of hydrogen-bond donors (Lipinski definition) is 2. The van der Waals surface area contributed by atoms with Crippen LogP contribution in [0, 0.1) is 0 Å². The van der Waals surface area contributed by atoms with Crippen molar-refractivity contribution in [1.82, 2.24) is 15.5 Å². The molecule has 8 heteroatoms. The molecule has 2 N–H and O–H groups in total. The molecule has 0 spiro atoms. The number of carbonyl (C=O) groups is 2. The minimum atomic E-state index is -4.43. The lowest BCUT2D eigenvalue weighted by atomic mass is 10.2. The predicted molar refractivity (Wildman–Crippen MR) is 57.7 cm³/mol. The summed E-state index contributed by atoms with van der Waals surface area (Å²) in [5, 5.41) is 4.50. The smallest absolute Gasteiger partial charge is 0.346 e. The lowest BCUT2D eigenvalue weighted by Gasteiger charge is -2.18. The first kappa shape index (κ1) is 14.7. The van der Waals surface area contributed by atoms with E-state index in [1.807, 2.05) is 0 Å². The van der Waals surface area contributed by atoms with Gasteiger partial charge in [0.2, 0.25) is 11.8 Å². The zero-order chi connectivity index (χ0) is 13.9. The second-order valence-electron chi connectivity index (χ2n) is 4.32. The van der Waals surface area contributed by atoms with Crippen molar-refractivity contribution in [3.8, 4) is 0 Å². The number of likely N-dealkylation sites (N-methyl/N-ethyl adjacent to an activating group) is 1. The number of amides is 2. The Hall–Kier alpha value is -1.31. The van der Waals surface area contributed by atoms with Crippen molar-refractivity contribution in [1.29, 1.82) is 0 Å². The molecule has 2 unspecified atom stereocenters. The Morgan fingerprint density at radius 3 is 2.61 bits per heavy atom. The molecule has 1 rings (SSSR count). The van der Waals surface area contributed by atoms with Gasteiger partial charge in [0.1, 0.15) is 6.54 Å². The zero-order valence-electron chi connectivity index (χ0n) is 10.2. The van der Waals surface area contributed by atoms with Crippen molar-refractivity contribution >= 4 is 11.8 Å². The first-order valence-electron chi connectivity index (χ1n) is 5.56. The van der Waals surface area contributed by atoms with Gasteiger partial charge >= 0.3 is 6.18 Å². The van der Waals surface area contributed by atoms with Crippen LogP contribution >= 0.6 is 0 Å². The van der Waals surface area contributed by atoms with Crippen molar-refractivity contribution < 1.29 is 22.8 Å². The van der Waals surface area contributed by atoms with Crippen LogP contribution in [0.2, 0.25) is 0 Å². The van der Waals surface area contributed by atoms with E-state index in [2.05, 4.69) is 5.32 Å². The Morgan fingerprint density at radius 2 is 2.17 bits per heavy atom. The summed E-state index contributed by atoms with van der Waals surface area (Å²) >= 11 is 0. The molecule has 0 aliphatic carbocycles. The van der Waals surface area contributed by atoms with E-state index in [0.29, 0.717) is 13.0 Å². The molecule has 0 aromatic heterocycles. The minimum absolute atomic E-state index is 0.148. The van der Waals surface area contributed by atoms with Gasteiger partial charge < -0.3 is 10.2 Å². The van der Waals surface area contributed by atoms with Crippen molar-refractivity contribution in [2.24, 2.45) is 0 Å². The summed E-state index contributed by atoms with van der Waals surface area (Å²) in [5.74, 6) is -0.917. The average Bonchev–Trinajstić information content (AvgIpc) is 2.56. The van der Waals surface area contributed by atoms with Crippen LogP contribution in [0.5, 0.6) is 0 Å². The van der Waals surface area contributed by atoms with Crippen molar-refractivity contribution in [3.63, 3.8) is 0 Å². The van der Waals surface area contributed by atoms with E-state index in [1.54, 1.807) is 12.4 Å². The topological polar surface area (TPSA) is 61.4 Å². The predicted octanol–water partition coefficient (Wildman–Crippen LogP) is -0.126. The number of alkyl halides is 3. The first-order chi connectivity index (χ1) is 8.20. The monoisotopic (exact) mass is 267 g/mol. The van der Waals surface area contributed by atoms with E-state index in [4.69, 9.17) is 0 Å². The third kappa shape index (κ3) is 4.17. The second kappa shape index (κ2) is 5.55. The van der Waals surface area contributed by atoms with Crippen LogP contribution in [0.1, 0.15) is 13.3 Å². The van der Waals surface area contributed by atoms with Crippen molar-refractivity contribution in [2.45, 2.75) is 31.6 Å². The van der Waals surface area contributed by atoms with E-state index in [0.717, 1.165) is 0 Å².